The van der Waals surface area contributed by atoms with Gasteiger partial charge in [-0.3, -0.25) is 9.69 Å². The molecule has 1 aliphatic heterocycles. The number of thiazole rings is 1. The van der Waals surface area contributed by atoms with Crippen LogP contribution in [0.1, 0.15) is 21.6 Å². The maximum atomic E-state index is 13.5. The van der Waals surface area contributed by atoms with Crippen LogP contribution >= 0.6 is 23.1 Å². The first-order valence-corrected chi connectivity index (χ1v) is 11.7. The molecular weight excluding hydrogens is 431 g/mol. The van der Waals surface area contributed by atoms with E-state index in [1.165, 1.54) is 12.1 Å². The van der Waals surface area contributed by atoms with Crippen LogP contribution in [0.2, 0.25) is 0 Å². The molecule has 0 N–H and O–H groups in total. The number of amides is 1. The van der Waals surface area contributed by atoms with Gasteiger partial charge in [-0.25, -0.2) is 14.1 Å². The van der Waals surface area contributed by atoms with E-state index in [0.29, 0.717) is 11.4 Å². The van der Waals surface area contributed by atoms with Gasteiger partial charge in [-0.05, 0) is 50.2 Å². The average Bonchev–Trinajstić information content (AvgIpc) is 3.45. The molecule has 1 unspecified atom stereocenters. The number of thioether (sulfide) groups is 1. The minimum atomic E-state index is -0.326. The number of hydrogen-bond donors (Lipinski definition) is 0. The number of anilines is 1. The van der Waals surface area contributed by atoms with Gasteiger partial charge in [-0.1, -0.05) is 18.2 Å². The molecule has 1 fully saturated rings. The third kappa shape index (κ3) is 3.66. The molecule has 3 heterocycles. The van der Waals surface area contributed by atoms with Crippen LogP contribution in [0.3, 0.4) is 0 Å². The fourth-order valence-corrected chi connectivity index (χ4v) is 5.85. The highest BCUT2D eigenvalue weighted by molar-refractivity contribution is 8.00. The molecule has 1 amide bonds. The highest BCUT2D eigenvalue weighted by atomic mass is 32.2. The van der Waals surface area contributed by atoms with Gasteiger partial charge in [0.15, 0.2) is 0 Å². The van der Waals surface area contributed by atoms with E-state index in [0.717, 1.165) is 32.5 Å². The molecule has 1 aliphatic rings. The summed E-state index contributed by atoms with van der Waals surface area (Å²) in [6, 6.07) is 16.0. The minimum Gasteiger partial charge on any atom is -0.295 e. The molecule has 5 nitrogen and oxygen atoms in total. The lowest BCUT2D eigenvalue weighted by atomic mass is 10.1. The maximum Gasteiger partial charge on any atom is 0.238 e. The van der Waals surface area contributed by atoms with Crippen LogP contribution in [0.5, 0.6) is 0 Å². The Labute approximate surface area is 187 Å². The first-order chi connectivity index (χ1) is 15.0. The second-order valence-electron chi connectivity index (χ2n) is 7.26. The van der Waals surface area contributed by atoms with Crippen LogP contribution in [0, 0.1) is 19.7 Å². The van der Waals surface area contributed by atoms with Crippen molar-refractivity contribution in [3.63, 3.8) is 0 Å². The van der Waals surface area contributed by atoms with Gasteiger partial charge in [0.1, 0.15) is 16.9 Å². The Hall–Kier alpha value is -2.97. The zero-order valence-corrected chi connectivity index (χ0v) is 18.6. The van der Waals surface area contributed by atoms with Crippen molar-refractivity contribution in [3.05, 3.63) is 82.9 Å². The molecule has 2 aromatic heterocycles. The van der Waals surface area contributed by atoms with E-state index in [2.05, 4.69) is 4.98 Å². The summed E-state index contributed by atoms with van der Waals surface area (Å²) >= 11 is 3.15. The molecule has 2 aromatic carbocycles. The number of aromatic nitrogens is 3. The van der Waals surface area contributed by atoms with E-state index >= 15 is 0 Å². The molecule has 0 bridgehead atoms. The lowest BCUT2D eigenvalue weighted by Crippen LogP contribution is -2.27. The summed E-state index contributed by atoms with van der Waals surface area (Å²) in [6.07, 6.45) is 1.99. The zero-order chi connectivity index (χ0) is 21.5. The molecule has 5 rings (SSSR count). The fraction of sp³-hybridized carbons (Fsp3) is 0.174. The Kier molecular flexibility index (Phi) is 5.11. The summed E-state index contributed by atoms with van der Waals surface area (Å²) in [5.74, 6) is 0.0313. The number of halogens is 1. The van der Waals surface area contributed by atoms with Crippen LogP contribution in [0.15, 0.2) is 60.8 Å². The van der Waals surface area contributed by atoms with Crippen molar-refractivity contribution in [1.29, 1.82) is 0 Å². The smallest absolute Gasteiger partial charge is 0.238 e. The van der Waals surface area contributed by atoms with Crippen molar-refractivity contribution in [2.24, 2.45) is 0 Å². The van der Waals surface area contributed by atoms with Gasteiger partial charge < -0.3 is 0 Å². The highest BCUT2D eigenvalue weighted by Crippen LogP contribution is 2.46. The topological polar surface area (TPSA) is 51.0 Å². The first-order valence-electron chi connectivity index (χ1n) is 9.80. The Morgan fingerprint density at radius 3 is 2.45 bits per heavy atom. The van der Waals surface area contributed by atoms with E-state index < -0.39 is 0 Å². The quantitative estimate of drug-likeness (QED) is 0.410. The fourth-order valence-electron chi connectivity index (χ4n) is 3.74. The van der Waals surface area contributed by atoms with Gasteiger partial charge in [0.2, 0.25) is 5.91 Å². The molecule has 0 saturated carbocycles. The second-order valence-corrected chi connectivity index (χ2v) is 9.54. The lowest BCUT2D eigenvalue weighted by molar-refractivity contribution is -0.115. The normalized spacial score (nSPS) is 16.3. The molecule has 1 atom stereocenters. The van der Waals surface area contributed by atoms with Crippen molar-refractivity contribution >= 4 is 34.7 Å². The van der Waals surface area contributed by atoms with Gasteiger partial charge in [-0.2, -0.15) is 5.10 Å². The molecule has 0 spiro atoms. The number of hydrogen-bond acceptors (Lipinski definition) is 5. The van der Waals surface area contributed by atoms with E-state index in [4.69, 9.17) is 5.10 Å². The summed E-state index contributed by atoms with van der Waals surface area (Å²) in [4.78, 5) is 20.1. The SMILES string of the molecule is Cc1nc(C)c(-c2nn(-c3ccccc3)cc2C2SCC(=O)N2c2ccc(F)cc2)s1. The van der Waals surface area contributed by atoms with Crippen LogP contribution in [-0.4, -0.2) is 26.4 Å². The summed E-state index contributed by atoms with van der Waals surface area (Å²) in [5, 5.41) is 5.63. The van der Waals surface area contributed by atoms with Crippen LogP contribution in [0.25, 0.3) is 16.3 Å². The second kappa shape index (κ2) is 7.94. The Balaban J connectivity index is 1.66. The van der Waals surface area contributed by atoms with Crippen molar-refractivity contribution in [1.82, 2.24) is 14.8 Å². The predicted molar refractivity (Wildman–Crippen MR) is 123 cm³/mol. The van der Waals surface area contributed by atoms with Crippen molar-refractivity contribution < 1.29 is 9.18 Å². The molecule has 1 saturated heterocycles. The van der Waals surface area contributed by atoms with Gasteiger partial charge in [0.25, 0.3) is 0 Å². The van der Waals surface area contributed by atoms with Crippen molar-refractivity contribution in [3.8, 4) is 16.3 Å². The third-order valence-corrected chi connectivity index (χ3v) is 7.39. The monoisotopic (exact) mass is 450 g/mol. The van der Waals surface area contributed by atoms with Crippen molar-refractivity contribution in [2.75, 3.05) is 10.7 Å². The van der Waals surface area contributed by atoms with Gasteiger partial charge in [0.05, 0.1) is 27.0 Å². The van der Waals surface area contributed by atoms with Gasteiger partial charge in [-0.15, -0.1) is 23.1 Å². The van der Waals surface area contributed by atoms with Gasteiger partial charge in [0, 0.05) is 17.4 Å². The predicted octanol–water partition coefficient (Wildman–Crippen LogP) is 5.53. The number of para-hydroxylation sites is 1. The third-order valence-electron chi connectivity index (χ3n) is 5.12. The van der Waals surface area contributed by atoms with Crippen LogP contribution in [0.4, 0.5) is 10.1 Å². The molecule has 4 aromatic rings. The number of aryl methyl sites for hydroxylation is 2. The van der Waals surface area contributed by atoms with E-state index in [-0.39, 0.29) is 17.1 Å². The number of nitrogens with zero attached hydrogens (tertiary/aromatic N) is 4. The molecule has 8 heteroatoms. The molecular formula is C23H19FN4OS2. The largest absolute Gasteiger partial charge is 0.295 e. The van der Waals surface area contributed by atoms with E-state index in [1.54, 1.807) is 40.1 Å². The Morgan fingerprint density at radius 2 is 1.77 bits per heavy atom. The summed E-state index contributed by atoms with van der Waals surface area (Å²) in [6.45, 7) is 3.96. The van der Waals surface area contributed by atoms with E-state index in [1.807, 2.05) is 55.1 Å². The molecule has 0 aliphatic carbocycles. The number of benzene rings is 2. The Bertz CT molecular complexity index is 1250. The average molecular weight is 451 g/mol. The maximum absolute atomic E-state index is 13.5. The number of carbonyl (C=O) groups excluding carboxylic acids is 1. The van der Waals surface area contributed by atoms with E-state index in [9.17, 15) is 9.18 Å². The summed E-state index contributed by atoms with van der Waals surface area (Å²) in [5.41, 5.74) is 4.31. The molecule has 156 valence electrons. The van der Waals surface area contributed by atoms with Gasteiger partial charge >= 0.3 is 0 Å². The molecule has 0 radical (unpaired) electrons. The zero-order valence-electron chi connectivity index (χ0n) is 16.9. The Morgan fingerprint density at radius 1 is 1.03 bits per heavy atom. The number of rotatable bonds is 4. The highest BCUT2D eigenvalue weighted by Gasteiger charge is 2.37. The summed E-state index contributed by atoms with van der Waals surface area (Å²) in [7, 11) is 0. The summed E-state index contributed by atoms with van der Waals surface area (Å²) < 4.78 is 15.3. The van der Waals surface area contributed by atoms with Crippen molar-refractivity contribution in [2.45, 2.75) is 19.2 Å². The van der Waals surface area contributed by atoms with Crippen LogP contribution in [-0.2, 0) is 4.79 Å². The van der Waals surface area contributed by atoms with Crippen LogP contribution < -0.4 is 4.90 Å². The first kappa shape index (κ1) is 20.0. The standard InChI is InChI=1S/C23H19FN4OS2/c1-14-22(31-15(2)25-14)21-19(12-27(26-21)17-6-4-3-5-7-17)23-28(20(29)13-30-23)18-10-8-16(24)9-11-18/h3-12,23H,13H2,1-2H3. The minimum absolute atomic E-state index is 0.00257. The lowest BCUT2D eigenvalue weighted by Gasteiger charge is -2.24. The molecule has 31 heavy (non-hydrogen) atoms. The number of carbonyl (C=O) groups is 1.